The van der Waals surface area contributed by atoms with Crippen LogP contribution in [0.25, 0.3) is 0 Å². The summed E-state index contributed by atoms with van der Waals surface area (Å²) in [5.74, 6) is 0.328. The molecule has 1 rings (SSSR count). The van der Waals surface area contributed by atoms with Crippen LogP contribution in [0.2, 0.25) is 0 Å². The maximum absolute atomic E-state index is 13.9. The number of nitriles is 1. The van der Waals surface area contributed by atoms with E-state index in [4.69, 9.17) is 14.7 Å². The molecule has 0 N–H and O–H groups in total. The first-order chi connectivity index (χ1) is 7.65. The maximum Gasteiger partial charge on any atom is 0.148 e. The van der Waals surface area contributed by atoms with Crippen LogP contribution in [0.1, 0.15) is 12.0 Å². The molecule has 0 amide bonds. The van der Waals surface area contributed by atoms with E-state index in [0.29, 0.717) is 23.5 Å². The molecule has 0 saturated heterocycles. The van der Waals surface area contributed by atoms with Gasteiger partial charge in [0.1, 0.15) is 17.3 Å². The van der Waals surface area contributed by atoms with Gasteiger partial charge in [0.15, 0.2) is 0 Å². The van der Waals surface area contributed by atoms with Crippen LogP contribution in [-0.2, 0) is 6.42 Å². The summed E-state index contributed by atoms with van der Waals surface area (Å²) in [6, 6.07) is 3.57. The number of methoxy groups -OCH3 is 2. The second-order valence-electron chi connectivity index (χ2n) is 3.05. The highest BCUT2D eigenvalue weighted by Gasteiger charge is 2.17. The average Bonchev–Trinajstić information content (AvgIpc) is 2.31. The first-order valence-electron chi connectivity index (χ1n) is 4.61. The lowest BCUT2D eigenvalue weighted by Crippen LogP contribution is -1.99. The minimum absolute atomic E-state index is 0.242. The largest absolute Gasteiger partial charge is 0.496 e. The van der Waals surface area contributed by atoms with Crippen LogP contribution in [0, 0.1) is 17.1 Å². The van der Waals surface area contributed by atoms with Crippen molar-refractivity contribution in [2.75, 3.05) is 14.2 Å². The van der Waals surface area contributed by atoms with E-state index in [0.717, 1.165) is 0 Å². The lowest BCUT2D eigenvalue weighted by Gasteiger charge is -2.12. The topological polar surface area (TPSA) is 42.2 Å². The van der Waals surface area contributed by atoms with Gasteiger partial charge in [-0.15, -0.1) is 0 Å². The average molecular weight is 288 g/mol. The van der Waals surface area contributed by atoms with E-state index in [1.165, 1.54) is 14.2 Å². The molecule has 0 aliphatic rings. The second-order valence-corrected chi connectivity index (χ2v) is 3.84. The summed E-state index contributed by atoms with van der Waals surface area (Å²) in [4.78, 5) is 0. The number of hydrogen-bond donors (Lipinski definition) is 0. The van der Waals surface area contributed by atoms with Crippen molar-refractivity contribution < 1.29 is 13.9 Å². The van der Waals surface area contributed by atoms with Crippen LogP contribution in [0.4, 0.5) is 4.39 Å². The van der Waals surface area contributed by atoms with Crippen molar-refractivity contribution in [2.45, 2.75) is 12.8 Å². The van der Waals surface area contributed by atoms with E-state index in [-0.39, 0.29) is 10.9 Å². The zero-order valence-corrected chi connectivity index (χ0v) is 10.6. The van der Waals surface area contributed by atoms with Gasteiger partial charge in [0.2, 0.25) is 0 Å². The van der Waals surface area contributed by atoms with Crippen molar-refractivity contribution in [1.82, 2.24) is 0 Å². The Morgan fingerprint density at radius 3 is 2.50 bits per heavy atom. The third-order valence-electron chi connectivity index (χ3n) is 2.16. The quantitative estimate of drug-likeness (QED) is 0.855. The van der Waals surface area contributed by atoms with Crippen molar-refractivity contribution in [3.63, 3.8) is 0 Å². The Morgan fingerprint density at radius 2 is 2.00 bits per heavy atom. The van der Waals surface area contributed by atoms with Crippen molar-refractivity contribution in [2.24, 2.45) is 0 Å². The van der Waals surface area contributed by atoms with E-state index in [1.807, 2.05) is 6.07 Å². The summed E-state index contributed by atoms with van der Waals surface area (Å²) < 4.78 is 24.2. The Labute approximate surface area is 102 Å². The van der Waals surface area contributed by atoms with Crippen LogP contribution in [0.15, 0.2) is 10.5 Å². The first kappa shape index (κ1) is 12.8. The molecular weight excluding hydrogens is 277 g/mol. The predicted octanol–water partition coefficient (Wildman–Crippen LogP) is 3.06. The third-order valence-corrected chi connectivity index (χ3v) is 2.90. The highest BCUT2D eigenvalue weighted by molar-refractivity contribution is 9.10. The molecule has 0 aliphatic carbocycles. The molecule has 5 heteroatoms. The molecule has 0 spiro atoms. The molecule has 0 fully saturated rings. The fraction of sp³-hybridized carbons (Fsp3) is 0.364. The number of nitrogens with zero attached hydrogens (tertiary/aromatic N) is 1. The van der Waals surface area contributed by atoms with Gasteiger partial charge in [0.05, 0.1) is 24.8 Å². The fourth-order valence-electron chi connectivity index (χ4n) is 1.36. The Bertz CT molecular complexity index is 429. The summed E-state index contributed by atoms with van der Waals surface area (Å²) in [5, 5.41) is 8.50. The number of benzene rings is 1. The smallest absolute Gasteiger partial charge is 0.148 e. The molecular formula is C11H11BrFNO2. The third kappa shape index (κ3) is 2.45. The summed E-state index contributed by atoms with van der Waals surface area (Å²) in [6.45, 7) is 0. The molecule has 1 aromatic rings. The van der Waals surface area contributed by atoms with Crippen molar-refractivity contribution >= 4 is 15.9 Å². The first-order valence-corrected chi connectivity index (χ1v) is 5.40. The molecule has 0 heterocycles. The molecule has 0 aliphatic heterocycles. The highest BCUT2D eigenvalue weighted by Crippen LogP contribution is 2.36. The van der Waals surface area contributed by atoms with Gasteiger partial charge in [-0.3, -0.25) is 0 Å². The van der Waals surface area contributed by atoms with Crippen LogP contribution in [0.5, 0.6) is 11.5 Å². The molecule has 0 radical (unpaired) electrons. The summed E-state index contributed by atoms with van der Waals surface area (Å²) in [7, 11) is 2.91. The normalized spacial score (nSPS) is 9.69. The molecule has 0 unspecified atom stereocenters. The maximum atomic E-state index is 13.9. The zero-order chi connectivity index (χ0) is 12.1. The lowest BCUT2D eigenvalue weighted by atomic mass is 10.1. The molecule has 3 nitrogen and oxygen atoms in total. The molecule has 86 valence electrons. The van der Waals surface area contributed by atoms with Gasteiger partial charge in [-0.05, 0) is 22.4 Å². The standard InChI is InChI=1S/C11H11BrFNO2/c1-15-8-6-9(16-2)10(12)11(13)7(8)4-3-5-14/h6H,3-4H2,1-2H3. The van der Waals surface area contributed by atoms with Gasteiger partial charge in [-0.2, -0.15) is 5.26 Å². The van der Waals surface area contributed by atoms with E-state index in [1.54, 1.807) is 6.07 Å². The van der Waals surface area contributed by atoms with Gasteiger partial charge >= 0.3 is 0 Å². The number of rotatable bonds is 4. The summed E-state index contributed by atoms with van der Waals surface area (Å²) in [6.07, 6.45) is 0.556. The molecule has 1 aromatic carbocycles. The van der Waals surface area contributed by atoms with E-state index in [2.05, 4.69) is 15.9 Å². The SMILES string of the molecule is COc1cc(OC)c(CCC#N)c(F)c1Br. The van der Waals surface area contributed by atoms with Gasteiger partial charge in [0, 0.05) is 18.1 Å². The van der Waals surface area contributed by atoms with E-state index in [9.17, 15) is 4.39 Å². The zero-order valence-electron chi connectivity index (χ0n) is 9.01. The van der Waals surface area contributed by atoms with Crippen LogP contribution in [0.3, 0.4) is 0 Å². The molecule has 0 saturated carbocycles. The van der Waals surface area contributed by atoms with Gasteiger partial charge in [-0.25, -0.2) is 4.39 Å². The van der Waals surface area contributed by atoms with E-state index >= 15 is 0 Å². The predicted molar refractivity (Wildman–Crippen MR) is 61.1 cm³/mol. The summed E-state index contributed by atoms with van der Waals surface area (Å²) in [5.41, 5.74) is 0.386. The Kier molecular flexibility index (Phi) is 4.56. The Hall–Kier alpha value is -1.28. The van der Waals surface area contributed by atoms with Crippen LogP contribution >= 0.6 is 15.9 Å². The van der Waals surface area contributed by atoms with E-state index < -0.39 is 5.82 Å². The molecule has 16 heavy (non-hydrogen) atoms. The molecule has 0 atom stereocenters. The minimum Gasteiger partial charge on any atom is -0.496 e. The highest BCUT2D eigenvalue weighted by atomic mass is 79.9. The number of halogens is 2. The minimum atomic E-state index is -0.438. The van der Waals surface area contributed by atoms with Crippen LogP contribution in [-0.4, -0.2) is 14.2 Å². The van der Waals surface area contributed by atoms with Crippen molar-refractivity contribution in [3.05, 3.63) is 21.9 Å². The molecule has 0 bridgehead atoms. The number of hydrogen-bond acceptors (Lipinski definition) is 3. The van der Waals surface area contributed by atoms with Crippen molar-refractivity contribution in [1.29, 1.82) is 5.26 Å². The van der Waals surface area contributed by atoms with Gasteiger partial charge < -0.3 is 9.47 Å². The number of ether oxygens (including phenoxy) is 2. The lowest BCUT2D eigenvalue weighted by molar-refractivity contribution is 0.381. The monoisotopic (exact) mass is 287 g/mol. The summed E-state index contributed by atoms with van der Waals surface area (Å²) >= 11 is 3.11. The van der Waals surface area contributed by atoms with Gasteiger partial charge in [-0.1, -0.05) is 0 Å². The second kappa shape index (κ2) is 5.71. The molecule has 0 aromatic heterocycles. The van der Waals surface area contributed by atoms with Crippen LogP contribution < -0.4 is 9.47 Å². The fourth-order valence-corrected chi connectivity index (χ4v) is 1.88. The Balaban J connectivity index is 3.25. The Morgan fingerprint density at radius 1 is 1.38 bits per heavy atom. The van der Waals surface area contributed by atoms with Gasteiger partial charge in [0.25, 0.3) is 0 Å². The van der Waals surface area contributed by atoms with Crippen molar-refractivity contribution in [3.8, 4) is 17.6 Å².